The van der Waals surface area contributed by atoms with Gasteiger partial charge in [0.15, 0.2) is 5.78 Å². The third kappa shape index (κ3) is 10.1. The van der Waals surface area contributed by atoms with E-state index in [0.29, 0.717) is 36.7 Å². The van der Waals surface area contributed by atoms with Crippen molar-refractivity contribution >= 4 is 50.8 Å². The summed E-state index contributed by atoms with van der Waals surface area (Å²) in [5.41, 5.74) is 0.838. The molecule has 0 spiro atoms. The SMILES string of the molecule is CNC(=O)C[C@@H](Cc1nc2ccc(Cl)cc2s1)C(=O)N[C@H](CCC(=O)/C=C/CN(C)C)CC1CCCCC1. The first-order valence-electron chi connectivity index (χ1n) is 13.6. The van der Waals surface area contributed by atoms with Crippen LogP contribution in [0.5, 0.6) is 0 Å². The molecule has 0 saturated heterocycles. The zero-order valence-corrected chi connectivity index (χ0v) is 24.4. The Hall–Kier alpha value is -2.29. The lowest BCUT2D eigenvalue weighted by Crippen LogP contribution is -2.42. The van der Waals surface area contributed by atoms with Crippen LogP contribution in [0.15, 0.2) is 30.4 Å². The van der Waals surface area contributed by atoms with Gasteiger partial charge in [-0.25, -0.2) is 4.98 Å². The summed E-state index contributed by atoms with van der Waals surface area (Å²) in [7, 11) is 5.50. The first-order chi connectivity index (χ1) is 18.2. The van der Waals surface area contributed by atoms with Crippen molar-refractivity contribution in [2.45, 2.75) is 70.3 Å². The third-order valence-corrected chi connectivity index (χ3v) is 8.38. The second kappa shape index (κ2) is 15.3. The number of carbonyl (C=O) groups is 3. The van der Waals surface area contributed by atoms with Crippen molar-refractivity contribution in [1.29, 1.82) is 0 Å². The molecular formula is C29H41ClN4O3S. The molecule has 208 valence electrons. The van der Waals surface area contributed by atoms with Crippen LogP contribution in [0.3, 0.4) is 0 Å². The highest BCUT2D eigenvalue weighted by molar-refractivity contribution is 7.18. The maximum atomic E-state index is 13.6. The number of halogens is 1. The molecule has 0 radical (unpaired) electrons. The second-order valence-corrected chi connectivity index (χ2v) is 12.2. The summed E-state index contributed by atoms with van der Waals surface area (Å²) in [5.74, 6) is -0.248. The number of nitrogens with zero attached hydrogens (tertiary/aromatic N) is 2. The molecule has 1 aromatic heterocycles. The predicted octanol–water partition coefficient (Wildman–Crippen LogP) is 5.17. The number of rotatable bonds is 14. The second-order valence-electron chi connectivity index (χ2n) is 10.6. The first-order valence-corrected chi connectivity index (χ1v) is 14.8. The number of benzene rings is 1. The number of amides is 2. The number of fused-ring (bicyclic) bond motifs is 1. The van der Waals surface area contributed by atoms with E-state index in [1.165, 1.54) is 43.4 Å². The highest BCUT2D eigenvalue weighted by atomic mass is 35.5. The molecule has 2 aromatic rings. The number of hydrogen-bond acceptors (Lipinski definition) is 6. The van der Waals surface area contributed by atoms with Crippen molar-refractivity contribution < 1.29 is 14.4 Å². The largest absolute Gasteiger partial charge is 0.359 e. The van der Waals surface area contributed by atoms with Gasteiger partial charge in [0.1, 0.15) is 0 Å². The van der Waals surface area contributed by atoms with Crippen molar-refractivity contribution in [2.24, 2.45) is 11.8 Å². The summed E-state index contributed by atoms with van der Waals surface area (Å²) >= 11 is 7.63. The van der Waals surface area contributed by atoms with E-state index < -0.39 is 5.92 Å². The summed E-state index contributed by atoms with van der Waals surface area (Å²) < 4.78 is 0.961. The van der Waals surface area contributed by atoms with Gasteiger partial charge < -0.3 is 15.5 Å². The fourth-order valence-corrected chi connectivity index (χ4v) is 6.34. The fourth-order valence-electron chi connectivity index (χ4n) is 5.02. The highest BCUT2D eigenvalue weighted by Gasteiger charge is 2.27. The van der Waals surface area contributed by atoms with Gasteiger partial charge in [-0.05, 0) is 57.1 Å². The van der Waals surface area contributed by atoms with Crippen LogP contribution in [0.2, 0.25) is 5.02 Å². The third-order valence-electron chi connectivity index (χ3n) is 7.10. The zero-order valence-electron chi connectivity index (χ0n) is 22.8. The number of aromatic nitrogens is 1. The number of allylic oxidation sites excluding steroid dienone is 1. The minimum Gasteiger partial charge on any atom is -0.359 e. The maximum Gasteiger partial charge on any atom is 0.224 e. The molecule has 0 unspecified atom stereocenters. The molecule has 1 heterocycles. The van der Waals surface area contributed by atoms with E-state index in [4.69, 9.17) is 11.6 Å². The Morgan fingerprint density at radius 2 is 1.97 bits per heavy atom. The van der Waals surface area contributed by atoms with Crippen LogP contribution in [0.4, 0.5) is 0 Å². The van der Waals surface area contributed by atoms with E-state index in [0.717, 1.165) is 21.6 Å². The molecule has 2 N–H and O–H groups in total. The fraction of sp³-hybridized carbons (Fsp3) is 0.586. The van der Waals surface area contributed by atoms with Gasteiger partial charge in [0, 0.05) is 43.9 Å². The Labute approximate surface area is 235 Å². The molecule has 38 heavy (non-hydrogen) atoms. The summed E-state index contributed by atoms with van der Waals surface area (Å²) in [5, 5.41) is 7.33. The Bertz CT molecular complexity index is 1110. The van der Waals surface area contributed by atoms with Crippen molar-refractivity contribution in [3.05, 3.63) is 40.4 Å². The molecule has 9 heteroatoms. The molecule has 1 aliphatic rings. The average molecular weight is 561 g/mol. The van der Waals surface area contributed by atoms with Crippen LogP contribution >= 0.6 is 22.9 Å². The van der Waals surface area contributed by atoms with Crippen LogP contribution in [-0.2, 0) is 20.8 Å². The van der Waals surface area contributed by atoms with Gasteiger partial charge in [0.2, 0.25) is 11.8 Å². The van der Waals surface area contributed by atoms with Gasteiger partial charge in [0.05, 0.1) is 21.1 Å². The number of carbonyl (C=O) groups excluding carboxylic acids is 3. The smallest absolute Gasteiger partial charge is 0.224 e. The Morgan fingerprint density at radius 3 is 2.68 bits per heavy atom. The monoisotopic (exact) mass is 560 g/mol. The van der Waals surface area contributed by atoms with E-state index in [1.54, 1.807) is 19.2 Å². The van der Waals surface area contributed by atoms with Gasteiger partial charge in [-0.15, -0.1) is 11.3 Å². The van der Waals surface area contributed by atoms with Crippen molar-refractivity contribution in [1.82, 2.24) is 20.5 Å². The summed E-state index contributed by atoms with van der Waals surface area (Å²) in [4.78, 5) is 45.1. The Morgan fingerprint density at radius 1 is 1.21 bits per heavy atom. The Balaban J connectivity index is 1.70. The van der Waals surface area contributed by atoms with Crippen LogP contribution in [-0.4, -0.2) is 61.2 Å². The van der Waals surface area contributed by atoms with Crippen LogP contribution < -0.4 is 10.6 Å². The normalized spacial score (nSPS) is 16.1. The lowest BCUT2D eigenvalue weighted by molar-refractivity contribution is -0.130. The number of ketones is 1. The van der Waals surface area contributed by atoms with E-state index >= 15 is 0 Å². The molecule has 1 fully saturated rings. The minimum atomic E-state index is -0.546. The summed E-state index contributed by atoms with van der Waals surface area (Å²) in [6.07, 6.45) is 11.9. The van der Waals surface area contributed by atoms with Crippen LogP contribution in [0, 0.1) is 11.8 Å². The summed E-state index contributed by atoms with van der Waals surface area (Å²) in [6, 6.07) is 5.44. The predicted molar refractivity (Wildman–Crippen MR) is 156 cm³/mol. The Kier molecular flexibility index (Phi) is 12.2. The van der Waals surface area contributed by atoms with Crippen molar-refractivity contribution in [3.63, 3.8) is 0 Å². The molecule has 0 bridgehead atoms. The van der Waals surface area contributed by atoms with E-state index in [9.17, 15) is 14.4 Å². The van der Waals surface area contributed by atoms with Gasteiger partial charge in [-0.3, -0.25) is 14.4 Å². The van der Waals surface area contributed by atoms with Crippen molar-refractivity contribution in [2.75, 3.05) is 27.7 Å². The quantitative estimate of drug-likeness (QED) is 0.311. The molecule has 1 aromatic carbocycles. The van der Waals surface area contributed by atoms with Crippen LogP contribution in [0.25, 0.3) is 10.2 Å². The van der Waals surface area contributed by atoms with E-state index in [2.05, 4.69) is 15.6 Å². The number of likely N-dealkylation sites (N-methyl/N-ethyl adjacent to an activating group) is 1. The molecule has 3 rings (SSSR count). The molecular weight excluding hydrogens is 520 g/mol. The molecule has 1 aliphatic carbocycles. The number of thiazole rings is 1. The molecule has 0 aliphatic heterocycles. The van der Waals surface area contributed by atoms with Crippen molar-refractivity contribution in [3.8, 4) is 0 Å². The summed E-state index contributed by atoms with van der Waals surface area (Å²) in [6.45, 7) is 0.715. The maximum absolute atomic E-state index is 13.6. The molecule has 2 atom stereocenters. The van der Waals surface area contributed by atoms with Gasteiger partial charge in [-0.2, -0.15) is 0 Å². The van der Waals surface area contributed by atoms with Gasteiger partial charge in [-0.1, -0.05) is 49.8 Å². The van der Waals surface area contributed by atoms with E-state index in [1.807, 2.05) is 37.2 Å². The average Bonchev–Trinajstić information content (AvgIpc) is 3.28. The zero-order chi connectivity index (χ0) is 27.5. The van der Waals surface area contributed by atoms with Crippen LogP contribution in [0.1, 0.15) is 62.8 Å². The molecule has 2 amide bonds. The number of hydrogen-bond donors (Lipinski definition) is 2. The number of nitrogens with one attached hydrogen (secondary N) is 2. The van der Waals surface area contributed by atoms with Gasteiger partial charge in [0.25, 0.3) is 0 Å². The topological polar surface area (TPSA) is 91.4 Å². The lowest BCUT2D eigenvalue weighted by atomic mass is 9.83. The standard InChI is InChI=1S/C29H41ClN4O3S/c1-31-27(36)17-21(18-28-33-25-14-11-22(30)19-26(25)38-28)29(37)32-23(16-20-8-5-4-6-9-20)12-13-24(35)10-7-15-34(2)3/h7,10-11,14,19-21,23H,4-6,8-9,12-13,15-18H2,1-3H3,(H,31,36)(H,32,37)/b10-7+/t21-,23+/m0/s1. The van der Waals surface area contributed by atoms with E-state index in [-0.39, 0.29) is 30.1 Å². The lowest BCUT2D eigenvalue weighted by Gasteiger charge is -2.28. The highest BCUT2D eigenvalue weighted by Crippen LogP contribution is 2.30. The molecule has 7 nitrogen and oxygen atoms in total. The van der Waals surface area contributed by atoms with Gasteiger partial charge >= 0.3 is 0 Å². The minimum absolute atomic E-state index is 0.0739. The molecule has 1 saturated carbocycles. The first kappa shape index (κ1) is 30.3.